The molecule has 0 radical (unpaired) electrons. The van der Waals surface area contributed by atoms with E-state index in [2.05, 4.69) is 20.3 Å². The van der Waals surface area contributed by atoms with Crippen LogP contribution in [-0.4, -0.2) is 23.0 Å². The van der Waals surface area contributed by atoms with E-state index in [1.807, 2.05) is 54.6 Å². The maximum atomic E-state index is 5.92. The predicted octanol–water partition coefficient (Wildman–Crippen LogP) is 3.63. The molecule has 0 saturated heterocycles. The van der Waals surface area contributed by atoms with Crippen LogP contribution in [0.15, 0.2) is 65.8 Å². The van der Waals surface area contributed by atoms with Gasteiger partial charge in [0.15, 0.2) is 5.96 Å². The Kier molecular flexibility index (Phi) is 6.81. The number of halogens is 1. The van der Waals surface area contributed by atoms with Gasteiger partial charge in [-0.2, -0.15) is 0 Å². The average molecular weight is 449 g/mol. The van der Waals surface area contributed by atoms with Crippen LogP contribution in [0, 0.1) is 0 Å². The molecule has 0 amide bonds. The lowest BCUT2D eigenvalue weighted by Crippen LogP contribution is -2.22. The minimum Gasteiger partial charge on any atom is -0.497 e. The molecule has 0 aliphatic rings. The number of guanidine groups is 1. The second-order valence-corrected chi connectivity index (χ2v) is 5.17. The fourth-order valence-electron chi connectivity index (χ4n) is 2.26. The Labute approximate surface area is 163 Å². The van der Waals surface area contributed by atoms with Crippen molar-refractivity contribution in [2.24, 2.45) is 10.7 Å². The number of hydrogen-bond donors (Lipinski definition) is 3. The first kappa shape index (κ1) is 18.8. The molecule has 0 aliphatic carbocycles. The number of benzene rings is 2. The minimum atomic E-state index is 0. The van der Waals surface area contributed by atoms with E-state index in [-0.39, 0.29) is 24.0 Å². The Balaban J connectivity index is 0.00000225. The number of methoxy groups -OCH3 is 1. The van der Waals surface area contributed by atoms with Crippen LogP contribution in [0.1, 0.15) is 5.82 Å². The third kappa shape index (κ3) is 5.21. The van der Waals surface area contributed by atoms with Gasteiger partial charge < -0.3 is 20.8 Å². The zero-order valence-electron chi connectivity index (χ0n) is 13.8. The van der Waals surface area contributed by atoms with Crippen LogP contribution in [0.25, 0.3) is 11.3 Å². The van der Waals surface area contributed by atoms with Crippen molar-refractivity contribution in [1.82, 2.24) is 9.97 Å². The number of nitrogens with two attached hydrogens (primary N) is 1. The summed E-state index contributed by atoms with van der Waals surface area (Å²) in [4.78, 5) is 11.9. The fraction of sp³-hybridized carbons (Fsp3) is 0.111. The van der Waals surface area contributed by atoms with Gasteiger partial charge in [-0.05, 0) is 17.7 Å². The van der Waals surface area contributed by atoms with Crippen molar-refractivity contribution in [3.05, 3.63) is 66.6 Å². The van der Waals surface area contributed by atoms with Gasteiger partial charge in [-0.25, -0.2) is 9.98 Å². The molecule has 1 aromatic heterocycles. The van der Waals surface area contributed by atoms with Crippen molar-refractivity contribution in [1.29, 1.82) is 0 Å². The van der Waals surface area contributed by atoms with Crippen molar-refractivity contribution in [2.45, 2.75) is 6.54 Å². The van der Waals surface area contributed by atoms with Gasteiger partial charge in [0.1, 0.15) is 18.1 Å². The van der Waals surface area contributed by atoms with Crippen molar-refractivity contribution in [2.75, 3.05) is 12.4 Å². The molecule has 0 fully saturated rings. The van der Waals surface area contributed by atoms with Crippen molar-refractivity contribution in [3.63, 3.8) is 0 Å². The van der Waals surface area contributed by atoms with Crippen molar-refractivity contribution < 1.29 is 4.74 Å². The summed E-state index contributed by atoms with van der Waals surface area (Å²) in [6.45, 7) is 0.371. The van der Waals surface area contributed by atoms with Gasteiger partial charge in [-0.3, -0.25) is 0 Å². The summed E-state index contributed by atoms with van der Waals surface area (Å²) >= 11 is 0. The van der Waals surface area contributed by atoms with E-state index < -0.39 is 0 Å². The number of hydrogen-bond acceptors (Lipinski definition) is 3. The number of aromatic nitrogens is 2. The Hall–Kier alpha value is -2.55. The van der Waals surface area contributed by atoms with Gasteiger partial charge in [0, 0.05) is 11.8 Å². The molecule has 3 rings (SSSR count). The Morgan fingerprint density at radius 3 is 2.76 bits per heavy atom. The van der Waals surface area contributed by atoms with Crippen LogP contribution >= 0.6 is 24.0 Å². The molecule has 0 atom stereocenters. The number of H-pyrrole nitrogens is 1. The highest BCUT2D eigenvalue weighted by Gasteiger charge is 2.03. The summed E-state index contributed by atoms with van der Waals surface area (Å²) in [6, 6.07) is 17.5. The van der Waals surface area contributed by atoms with E-state index in [1.165, 1.54) is 0 Å². The first-order chi connectivity index (χ1) is 11.7. The second kappa shape index (κ2) is 9.07. The molecule has 130 valence electrons. The Morgan fingerprint density at radius 2 is 2.00 bits per heavy atom. The molecule has 1 heterocycles. The largest absolute Gasteiger partial charge is 0.497 e. The van der Waals surface area contributed by atoms with E-state index in [0.29, 0.717) is 12.5 Å². The van der Waals surface area contributed by atoms with Crippen LogP contribution < -0.4 is 15.8 Å². The van der Waals surface area contributed by atoms with Crippen LogP contribution in [0.5, 0.6) is 5.75 Å². The number of ether oxygens (including phenoxy) is 1. The van der Waals surface area contributed by atoms with Crippen LogP contribution in [0.2, 0.25) is 0 Å². The Morgan fingerprint density at radius 1 is 1.20 bits per heavy atom. The van der Waals surface area contributed by atoms with Gasteiger partial charge in [0.2, 0.25) is 0 Å². The average Bonchev–Trinajstić information content (AvgIpc) is 3.10. The number of rotatable bonds is 5. The third-order valence-corrected chi connectivity index (χ3v) is 3.45. The number of anilines is 1. The zero-order chi connectivity index (χ0) is 16.8. The number of nitrogens with zero attached hydrogens (tertiary/aromatic N) is 2. The quantitative estimate of drug-likeness (QED) is 0.316. The topological polar surface area (TPSA) is 88.3 Å². The predicted molar refractivity (Wildman–Crippen MR) is 111 cm³/mol. The molecule has 0 saturated carbocycles. The maximum Gasteiger partial charge on any atom is 0.193 e. The third-order valence-electron chi connectivity index (χ3n) is 3.45. The number of aromatic amines is 1. The maximum absolute atomic E-state index is 5.92. The molecule has 7 heteroatoms. The van der Waals surface area contributed by atoms with Crippen LogP contribution in [0.4, 0.5) is 5.69 Å². The molecule has 0 aliphatic heterocycles. The SMILES string of the molecule is COc1cccc(NC(N)=NCc2ncc(-c3ccccc3)[nH]2)c1.I. The number of imidazole rings is 1. The van der Waals surface area contributed by atoms with E-state index in [9.17, 15) is 0 Å². The van der Waals surface area contributed by atoms with Gasteiger partial charge in [-0.1, -0.05) is 36.4 Å². The van der Waals surface area contributed by atoms with Crippen LogP contribution in [0.3, 0.4) is 0 Å². The lowest BCUT2D eigenvalue weighted by Gasteiger charge is -2.07. The summed E-state index contributed by atoms with van der Waals surface area (Å²) in [6.07, 6.45) is 1.80. The molecular formula is C18H20IN5O. The highest BCUT2D eigenvalue weighted by atomic mass is 127. The molecular weight excluding hydrogens is 429 g/mol. The smallest absolute Gasteiger partial charge is 0.193 e. The number of nitrogens with one attached hydrogen (secondary N) is 2. The molecule has 6 nitrogen and oxygen atoms in total. The number of aliphatic imine (C=N–C) groups is 1. The summed E-state index contributed by atoms with van der Waals surface area (Å²) in [5.74, 6) is 1.83. The van der Waals surface area contributed by atoms with E-state index in [1.54, 1.807) is 13.3 Å². The summed E-state index contributed by atoms with van der Waals surface area (Å²) in [7, 11) is 1.62. The van der Waals surface area contributed by atoms with E-state index in [4.69, 9.17) is 10.5 Å². The Bertz CT molecular complexity index is 832. The van der Waals surface area contributed by atoms with E-state index in [0.717, 1.165) is 28.5 Å². The molecule has 0 spiro atoms. The molecule has 0 unspecified atom stereocenters. The van der Waals surface area contributed by atoms with Crippen molar-refractivity contribution >= 4 is 35.6 Å². The standard InChI is InChI=1S/C18H19N5O.HI/c1-24-15-9-5-8-14(10-15)22-18(19)21-12-17-20-11-16(23-17)13-6-3-2-4-7-13;/h2-11H,12H2,1H3,(H,20,23)(H3,19,21,22);1H. The van der Waals surface area contributed by atoms with Crippen LogP contribution in [-0.2, 0) is 6.54 Å². The van der Waals surface area contributed by atoms with Gasteiger partial charge in [0.05, 0.1) is 19.0 Å². The zero-order valence-corrected chi connectivity index (χ0v) is 16.1. The summed E-state index contributed by atoms with van der Waals surface area (Å²) in [5.41, 5.74) is 8.78. The van der Waals surface area contributed by atoms with Gasteiger partial charge in [-0.15, -0.1) is 24.0 Å². The fourth-order valence-corrected chi connectivity index (χ4v) is 2.26. The lowest BCUT2D eigenvalue weighted by molar-refractivity contribution is 0.415. The first-order valence-corrected chi connectivity index (χ1v) is 7.55. The second-order valence-electron chi connectivity index (χ2n) is 5.17. The summed E-state index contributed by atoms with van der Waals surface area (Å²) in [5, 5.41) is 3.03. The molecule has 2 aromatic carbocycles. The van der Waals surface area contributed by atoms with Gasteiger partial charge >= 0.3 is 0 Å². The highest BCUT2D eigenvalue weighted by molar-refractivity contribution is 14.0. The molecule has 3 aromatic rings. The minimum absolute atomic E-state index is 0. The monoisotopic (exact) mass is 449 g/mol. The molecule has 25 heavy (non-hydrogen) atoms. The lowest BCUT2D eigenvalue weighted by atomic mass is 10.2. The van der Waals surface area contributed by atoms with Gasteiger partial charge in [0.25, 0.3) is 0 Å². The van der Waals surface area contributed by atoms with E-state index >= 15 is 0 Å². The molecule has 4 N–H and O–H groups in total. The normalized spacial score (nSPS) is 10.8. The van der Waals surface area contributed by atoms with Crippen molar-refractivity contribution in [3.8, 4) is 17.0 Å². The molecule has 0 bridgehead atoms. The summed E-state index contributed by atoms with van der Waals surface area (Å²) < 4.78 is 5.17. The first-order valence-electron chi connectivity index (χ1n) is 7.55. The highest BCUT2D eigenvalue weighted by Crippen LogP contribution is 2.17.